The summed E-state index contributed by atoms with van der Waals surface area (Å²) >= 11 is 0. The summed E-state index contributed by atoms with van der Waals surface area (Å²) in [5.41, 5.74) is 1.92. The van der Waals surface area contributed by atoms with Crippen LogP contribution in [0.4, 0.5) is 0 Å². The van der Waals surface area contributed by atoms with Gasteiger partial charge in [0.25, 0.3) is 0 Å². The van der Waals surface area contributed by atoms with Gasteiger partial charge in [-0.25, -0.2) is 0 Å². The van der Waals surface area contributed by atoms with Crippen molar-refractivity contribution in [3.8, 4) is 0 Å². The van der Waals surface area contributed by atoms with E-state index in [1.807, 2.05) is 59.3 Å². The Hall–Kier alpha value is -2.69. The zero-order valence-corrected chi connectivity index (χ0v) is 15.7. The Labute approximate surface area is 160 Å². The second-order valence-corrected chi connectivity index (χ2v) is 7.71. The molecule has 2 aromatic rings. The van der Waals surface area contributed by atoms with Gasteiger partial charge in [0.2, 0.25) is 11.8 Å². The van der Waals surface area contributed by atoms with E-state index in [9.17, 15) is 9.59 Å². The molecule has 1 atom stereocenters. The van der Waals surface area contributed by atoms with Gasteiger partial charge >= 0.3 is 0 Å². The lowest BCUT2D eigenvalue weighted by Crippen LogP contribution is -2.53. The molecule has 4 rings (SSSR count). The average Bonchev–Trinajstić information content (AvgIpc) is 2.95. The van der Waals surface area contributed by atoms with Crippen LogP contribution in [0.2, 0.25) is 0 Å². The number of carbonyl (C=O) groups is 2. The Morgan fingerprint density at radius 3 is 2.56 bits per heavy atom. The Morgan fingerprint density at radius 2 is 1.89 bits per heavy atom. The van der Waals surface area contributed by atoms with Crippen molar-refractivity contribution < 1.29 is 9.59 Å². The first kappa shape index (κ1) is 17.7. The second kappa shape index (κ2) is 7.14. The van der Waals surface area contributed by atoms with Crippen molar-refractivity contribution in [2.75, 3.05) is 20.1 Å². The molecule has 0 bridgehead atoms. The van der Waals surface area contributed by atoms with Gasteiger partial charge in [0, 0.05) is 38.1 Å². The lowest BCUT2D eigenvalue weighted by atomic mass is 9.81. The quantitative estimate of drug-likeness (QED) is 0.842. The van der Waals surface area contributed by atoms with Crippen molar-refractivity contribution in [1.29, 1.82) is 0 Å². The number of amides is 2. The maximum Gasteiger partial charge on any atom is 0.230 e. The third-order valence-electron chi connectivity index (χ3n) is 6.25. The summed E-state index contributed by atoms with van der Waals surface area (Å²) in [6, 6.07) is 13.8. The lowest BCUT2D eigenvalue weighted by Gasteiger charge is -2.43. The van der Waals surface area contributed by atoms with E-state index in [0.717, 1.165) is 30.4 Å². The molecule has 2 fully saturated rings. The largest absolute Gasteiger partial charge is 0.342 e. The van der Waals surface area contributed by atoms with Gasteiger partial charge in [0.1, 0.15) is 0 Å². The van der Waals surface area contributed by atoms with Crippen molar-refractivity contribution >= 4 is 11.8 Å². The molecule has 1 spiro atoms. The summed E-state index contributed by atoms with van der Waals surface area (Å²) in [7, 11) is 1.93. The third-order valence-corrected chi connectivity index (χ3v) is 6.25. The van der Waals surface area contributed by atoms with Crippen LogP contribution in [0.15, 0.2) is 54.9 Å². The molecule has 5 heteroatoms. The summed E-state index contributed by atoms with van der Waals surface area (Å²) < 4.78 is 0. The fraction of sp³-hybridized carbons (Fsp3) is 0.409. The summed E-state index contributed by atoms with van der Waals surface area (Å²) in [6.45, 7) is 1.41. The summed E-state index contributed by atoms with van der Waals surface area (Å²) in [4.78, 5) is 33.5. The Morgan fingerprint density at radius 1 is 1.15 bits per heavy atom. The van der Waals surface area contributed by atoms with E-state index in [1.165, 1.54) is 0 Å². The van der Waals surface area contributed by atoms with Gasteiger partial charge in [-0.15, -0.1) is 0 Å². The number of piperidine rings is 1. The maximum absolute atomic E-state index is 12.9. The SMILES string of the molecule is CN1C(=O)[C@H](c2ccccc2)CC12CCN(C(=O)Cc1cccnc1)CC2. The molecule has 27 heavy (non-hydrogen) atoms. The van der Waals surface area contributed by atoms with Crippen LogP contribution in [0.25, 0.3) is 0 Å². The normalized spacial score (nSPS) is 21.7. The summed E-state index contributed by atoms with van der Waals surface area (Å²) in [5.74, 6) is 0.287. The molecule has 2 amide bonds. The fourth-order valence-corrected chi connectivity index (χ4v) is 4.52. The maximum atomic E-state index is 12.9. The lowest BCUT2D eigenvalue weighted by molar-refractivity contribution is -0.135. The third kappa shape index (κ3) is 3.34. The van der Waals surface area contributed by atoms with Gasteiger partial charge in [-0.3, -0.25) is 14.6 Å². The standard InChI is InChI=1S/C22H25N3O2/c1-24-21(27)19(18-7-3-2-4-8-18)15-22(24)9-12-25(13-10-22)20(26)14-17-6-5-11-23-16-17/h2-8,11,16,19H,9-10,12-15H2,1H3/t19-/m0/s1. The number of benzene rings is 1. The van der Waals surface area contributed by atoms with Crippen molar-refractivity contribution in [3.05, 3.63) is 66.0 Å². The second-order valence-electron chi connectivity index (χ2n) is 7.71. The van der Waals surface area contributed by atoms with Gasteiger partial charge in [0.15, 0.2) is 0 Å². The smallest absolute Gasteiger partial charge is 0.230 e. The van der Waals surface area contributed by atoms with Crippen molar-refractivity contribution in [2.24, 2.45) is 0 Å². The highest BCUT2D eigenvalue weighted by Gasteiger charge is 2.50. The Bertz CT molecular complexity index is 814. The van der Waals surface area contributed by atoms with E-state index >= 15 is 0 Å². The van der Waals surface area contributed by atoms with Gasteiger partial charge < -0.3 is 9.80 Å². The van der Waals surface area contributed by atoms with E-state index in [2.05, 4.69) is 4.98 Å². The highest BCUT2D eigenvalue weighted by atomic mass is 16.2. The molecule has 1 aromatic heterocycles. The molecule has 2 saturated heterocycles. The number of likely N-dealkylation sites (N-methyl/N-ethyl adjacent to an activating group) is 1. The first-order chi connectivity index (χ1) is 13.1. The van der Waals surface area contributed by atoms with E-state index < -0.39 is 0 Å². The first-order valence-corrected chi connectivity index (χ1v) is 9.58. The number of hydrogen-bond acceptors (Lipinski definition) is 3. The predicted molar refractivity (Wildman–Crippen MR) is 103 cm³/mol. The number of pyridine rings is 1. The van der Waals surface area contributed by atoms with Crippen LogP contribution in [-0.2, 0) is 16.0 Å². The van der Waals surface area contributed by atoms with Crippen LogP contribution in [0.1, 0.15) is 36.3 Å². The summed E-state index contributed by atoms with van der Waals surface area (Å²) in [5, 5.41) is 0. The monoisotopic (exact) mass is 363 g/mol. The molecular weight excluding hydrogens is 338 g/mol. The molecule has 2 aliphatic heterocycles. The molecular formula is C22H25N3O2. The van der Waals surface area contributed by atoms with Crippen molar-refractivity contribution in [2.45, 2.75) is 37.1 Å². The zero-order chi connectivity index (χ0) is 18.9. The van der Waals surface area contributed by atoms with Crippen LogP contribution in [0.5, 0.6) is 0 Å². The van der Waals surface area contributed by atoms with E-state index in [0.29, 0.717) is 19.5 Å². The average molecular weight is 363 g/mol. The number of aromatic nitrogens is 1. The van der Waals surface area contributed by atoms with Gasteiger partial charge in [0.05, 0.1) is 12.3 Å². The Kier molecular flexibility index (Phi) is 4.68. The van der Waals surface area contributed by atoms with Crippen LogP contribution >= 0.6 is 0 Å². The minimum Gasteiger partial charge on any atom is -0.342 e. The molecule has 0 N–H and O–H groups in total. The van der Waals surface area contributed by atoms with Crippen LogP contribution < -0.4 is 0 Å². The Balaban J connectivity index is 1.42. The highest BCUT2D eigenvalue weighted by Crippen LogP contribution is 2.44. The van der Waals surface area contributed by atoms with E-state index in [1.54, 1.807) is 12.4 Å². The zero-order valence-electron chi connectivity index (χ0n) is 15.7. The number of nitrogens with zero attached hydrogens (tertiary/aromatic N) is 3. The molecule has 5 nitrogen and oxygen atoms in total. The van der Waals surface area contributed by atoms with Crippen LogP contribution in [-0.4, -0.2) is 52.3 Å². The molecule has 0 aliphatic carbocycles. The first-order valence-electron chi connectivity index (χ1n) is 9.58. The van der Waals surface area contributed by atoms with Crippen LogP contribution in [0.3, 0.4) is 0 Å². The number of likely N-dealkylation sites (tertiary alicyclic amines) is 2. The molecule has 140 valence electrons. The highest BCUT2D eigenvalue weighted by molar-refractivity contribution is 5.87. The van der Waals surface area contributed by atoms with Crippen molar-refractivity contribution in [3.63, 3.8) is 0 Å². The number of hydrogen-bond donors (Lipinski definition) is 0. The van der Waals surface area contributed by atoms with Gasteiger partial charge in [-0.1, -0.05) is 36.4 Å². The number of carbonyl (C=O) groups excluding carboxylic acids is 2. The molecule has 2 aliphatic rings. The fourth-order valence-electron chi connectivity index (χ4n) is 4.52. The molecule has 3 heterocycles. The van der Waals surface area contributed by atoms with Crippen LogP contribution in [0, 0.1) is 0 Å². The molecule has 0 radical (unpaired) electrons. The number of rotatable bonds is 3. The minimum absolute atomic E-state index is 0.0613. The van der Waals surface area contributed by atoms with Gasteiger partial charge in [-0.2, -0.15) is 0 Å². The summed E-state index contributed by atoms with van der Waals surface area (Å²) in [6.07, 6.45) is 6.39. The van der Waals surface area contributed by atoms with E-state index in [4.69, 9.17) is 0 Å². The molecule has 1 aromatic carbocycles. The predicted octanol–water partition coefficient (Wildman–Crippen LogP) is 2.63. The van der Waals surface area contributed by atoms with Crippen molar-refractivity contribution in [1.82, 2.24) is 14.8 Å². The van der Waals surface area contributed by atoms with E-state index in [-0.39, 0.29) is 23.3 Å². The van der Waals surface area contributed by atoms with Gasteiger partial charge in [-0.05, 0) is 36.5 Å². The topological polar surface area (TPSA) is 53.5 Å². The molecule has 0 unspecified atom stereocenters. The minimum atomic E-state index is -0.122. The molecule has 0 saturated carbocycles.